The van der Waals surface area contributed by atoms with Gasteiger partial charge >= 0.3 is 6.18 Å². The Morgan fingerprint density at radius 3 is 2.23 bits per heavy atom. The lowest BCUT2D eigenvalue weighted by molar-refractivity contribution is -0.242. The van der Waals surface area contributed by atoms with Crippen molar-refractivity contribution >= 4 is 50.7 Å². The van der Waals surface area contributed by atoms with Crippen molar-refractivity contribution in [2.45, 2.75) is 30.0 Å². The van der Waals surface area contributed by atoms with Crippen LogP contribution in [0.4, 0.5) is 18.9 Å². The zero-order valence-corrected chi connectivity index (χ0v) is 18.0. The summed E-state index contributed by atoms with van der Waals surface area (Å²) in [5, 5.41) is 11.0. The van der Waals surface area contributed by atoms with Crippen molar-refractivity contribution in [2.24, 2.45) is 0 Å². The van der Waals surface area contributed by atoms with Crippen LogP contribution in [-0.2, 0) is 26.0 Å². The van der Waals surface area contributed by atoms with Gasteiger partial charge in [-0.3, -0.25) is 9.59 Å². The molecule has 3 N–H and O–H groups in total. The Balaban J connectivity index is 2.17. The van der Waals surface area contributed by atoms with Crippen LogP contribution < -0.4 is 10.0 Å². The van der Waals surface area contributed by atoms with E-state index >= 15 is 0 Å². The largest absolute Gasteiger partial charge is 0.426 e. The first-order valence-electron chi connectivity index (χ1n) is 8.34. The van der Waals surface area contributed by atoms with Gasteiger partial charge in [0.1, 0.15) is 0 Å². The lowest BCUT2D eigenvalue weighted by Gasteiger charge is -2.25. The highest BCUT2D eigenvalue weighted by Gasteiger charge is 2.55. The average molecular weight is 499 g/mol. The molecule has 1 atom stereocenters. The first-order valence-corrected chi connectivity index (χ1v) is 10.6. The van der Waals surface area contributed by atoms with Crippen LogP contribution in [0.2, 0.25) is 10.0 Å². The quantitative estimate of drug-likeness (QED) is 0.565. The molecular weight excluding hydrogens is 484 g/mol. The van der Waals surface area contributed by atoms with Crippen molar-refractivity contribution in [3.63, 3.8) is 0 Å². The molecule has 31 heavy (non-hydrogen) atoms. The van der Waals surface area contributed by atoms with Crippen LogP contribution >= 0.6 is 23.2 Å². The van der Waals surface area contributed by atoms with Crippen molar-refractivity contribution in [3.05, 3.63) is 58.1 Å². The summed E-state index contributed by atoms with van der Waals surface area (Å²) in [7, 11) is -4.38. The molecule has 0 unspecified atom stereocenters. The second kappa shape index (κ2) is 9.03. The molecule has 0 heterocycles. The number of aliphatic hydroxyl groups is 1. The lowest BCUT2D eigenvalue weighted by atomic mass is 10.1. The Labute approximate surface area is 185 Å². The number of carbonyl (C=O) groups is 2. The Kier molecular flexibility index (Phi) is 7.26. The third-order valence-corrected chi connectivity index (χ3v) is 6.10. The van der Waals surface area contributed by atoms with Crippen molar-refractivity contribution in [1.82, 2.24) is 4.72 Å². The highest BCUT2D eigenvalue weighted by Crippen LogP contribution is 2.32. The summed E-state index contributed by atoms with van der Waals surface area (Å²) < 4.78 is 64.8. The van der Waals surface area contributed by atoms with Gasteiger partial charge in [-0.05, 0) is 36.8 Å². The van der Waals surface area contributed by atoms with Gasteiger partial charge < -0.3 is 10.4 Å². The van der Waals surface area contributed by atoms with E-state index in [4.69, 9.17) is 23.2 Å². The highest BCUT2D eigenvalue weighted by molar-refractivity contribution is 7.90. The fourth-order valence-electron chi connectivity index (χ4n) is 2.20. The van der Waals surface area contributed by atoms with E-state index in [-0.39, 0.29) is 24.1 Å². The minimum absolute atomic E-state index is 0.254. The number of hydrogen-bond acceptors (Lipinski definition) is 5. The Bertz CT molecular complexity index is 1120. The van der Waals surface area contributed by atoms with Crippen LogP contribution in [0.5, 0.6) is 0 Å². The second-order valence-corrected chi connectivity index (χ2v) is 8.96. The molecule has 0 aliphatic rings. The zero-order valence-electron chi connectivity index (χ0n) is 15.6. The Morgan fingerprint density at radius 1 is 1.06 bits per heavy atom. The summed E-state index contributed by atoms with van der Waals surface area (Å²) in [6.07, 6.45) is -5.58. The van der Waals surface area contributed by atoms with Crippen LogP contribution in [0, 0.1) is 0 Å². The summed E-state index contributed by atoms with van der Waals surface area (Å²) in [5.41, 5.74) is -3.68. The maximum absolute atomic E-state index is 12.7. The van der Waals surface area contributed by atoms with E-state index in [1.807, 2.05) is 4.72 Å². The monoisotopic (exact) mass is 498 g/mol. The van der Waals surface area contributed by atoms with Gasteiger partial charge in [-0.1, -0.05) is 41.4 Å². The van der Waals surface area contributed by atoms with E-state index in [2.05, 4.69) is 0 Å². The SMILES string of the molecule is C[C@@](O)(C(=O)Nc1ccc(S(=O)(=O)NC(=O)Cc2ccccc2Cl)cc1Cl)C(F)(F)F. The fourth-order valence-corrected chi connectivity index (χ4v) is 3.70. The number of benzene rings is 2. The van der Waals surface area contributed by atoms with Crippen LogP contribution in [0.15, 0.2) is 47.4 Å². The van der Waals surface area contributed by atoms with Gasteiger partial charge in [0.05, 0.1) is 22.0 Å². The van der Waals surface area contributed by atoms with E-state index in [9.17, 15) is 36.3 Å². The normalized spacial score (nSPS) is 13.9. The third kappa shape index (κ3) is 5.88. The summed E-state index contributed by atoms with van der Waals surface area (Å²) in [5.74, 6) is -2.70. The van der Waals surface area contributed by atoms with E-state index in [0.29, 0.717) is 5.56 Å². The van der Waals surface area contributed by atoms with Gasteiger partial charge in [0.15, 0.2) is 0 Å². The summed E-state index contributed by atoms with van der Waals surface area (Å²) >= 11 is 11.8. The van der Waals surface area contributed by atoms with Crippen LogP contribution in [0.3, 0.4) is 0 Å². The Hall–Kier alpha value is -2.34. The minimum Gasteiger partial charge on any atom is -0.373 e. The van der Waals surface area contributed by atoms with Crippen molar-refractivity contribution in [2.75, 3.05) is 5.32 Å². The molecule has 0 saturated heterocycles. The van der Waals surface area contributed by atoms with Gasteiger partial charge in [0.25, 0.3) is 15.9 Å². The summed E-state index contributed by atoms with van der Waals surface area (Å²) in [4.78, 5) is 23.3. The van der Waals surface area contributed by atoms with Gasteiger partial charge in [-0.15, -0.1) is 0 Å². The topological polar surface area (TPSA) is 113 Å². The molecular formula is C18H15Cl2F3N2O5S. The predicted octanol–water partition coefficient (Wildman–Crippen LogP) is 3.29. The van der Waals surface area contributed by atoms with Crippen LogP contribution in [0.25, 0.3) is 0 Å². The van der Waals surface area contributed by atoms with E-state index < -0.39 is 43.5 Å². The maximum atomic E-state index is 12.7. The molecule has 0 aliphatic heterocycles. The van der Waals surface area contributed by atoms with E-state index in [0.717, 1.165) is 18.2 Å². The predicted molar refractivity (Wildman–Crippen MR) is 107 cm³/mol. The lowest BCUT2D eigenvalue weighted by Crippen LogP contribution is -2.52. The number of hydrogen-bond donors (Lipinski definition) is 3. The molecule has 168 valence electrons. The molecule has 0 saturated carbocycles. The first kappa shape index (κ1) is 24.9. The van der Waals surface area contributed by atoms with Crippen LogP contribution in [-0.4, -0.2) is 37.1 Å². The van der Waals surface area contributed by atoms with Gasteiger partial charge in [0, 0.05) is 5.02 Å². The number of halogens is 5. The maximum Gasteiger partial charge on any atom is 0.426 e. The number of amides is 2. The molecule has 2 amide bonds. The standard InChI is InChI=1S/C18H15Cl2F3N2O5S/c1-17(28,18(21,22)23)16(27)24-14-7-6-11(9-13(14)20)31(29,30)25-15(26)8-10-4-2-3-5-12(10)19/h2-7,9,28H,8H2,1H3,(H,24,27)(H,25,26)/t17-/m1/s1. The number of rotatable bonds is 6. The minimum atomic E-state index is -5.25. The molecule has 2 aromatic carbocycles. The fraction of sp³-hybridized carbons (Fsp3) is 0.222. The number of alkyl halides is 3. The van der Waals surface area contributed by atoms with Crippen molar-refractivity contribution in [1.29, 1.82) is 0 Å². The molecule has 0 aliphatic carbocycles. The molecule has 0 fully saturated rings. The van der Waals surface area contributed by atoms with Crippen molar-refractivity contribution < 1.29 is 36.3 Å². The molecule has 0 aromatic heterocycles. The smallest absolute Gasteiger partial charge is 0.373 e. The van der Waals surface area contributed by atoms with Gasteiger partial charge in [0.2, 0.25) is 11.5 Å². The van der Waals surface area contributed by atoms with Gasteiger partial charge in [-0.2, -0.15) is 13.2 Å². The highest BCUT2D eigenvalue weighted by atomic mass is 35.5. The summed E-state index contributed by atoms with van der Waals surface area (Å²) in [6, 6.07) is 8.97. The number of anilines is 1. The van der Waals surface area contributed by atoms with Crippen LogP contribution in [0.1, 0.15) is 12.5 Å². The first-order chi connectivity index (χ1) is 14.1. The Morgan fingerprint density at radius 2 is 1.68 bits per heavy atom. The zero-order chi connectivity index (χ0) is 23.6. The number of carbonyl (C=O) groups excluding carboxylic acids is 2. The molecule has 0 radical (unpaired) electrons. The number of sulfonamides is 1. The molecule has 2 aromatic rings. The second-order valence-electron chi connectivity index (χ2n) is 6.46. The van der Waals surface area contributed by atoms with Crippen molar-refractivity contribution in [3.8, 4) is 0 Å². The molecule has 13 heteroatoms. The van der Waals surface area contributed by atoms with E-state index in [1.165, 1.54) is 6.07 Å². The average Bonchev–Trinajstić information content (AvgIpc) is 2.63. The molecule has 0 bridgehead atoms. The molecule has 7 nitrogen and oxygen atoms in total. The number of nitrogens with one attached hydrogen (secondary N) is 2. The third-order valence-electron chi connectivity index (χ3n) is 4.05. The molecule has 2 rings (SSSR count). The van der Waals surface area contributed by atoms with Gasteiger partial charge in [-0.25, -0.2) is 13.1 Å². The van der Waals surface area contributed by atoms with E-state index in [1.54, 1.807) is 23.5 Å². The molecule has 0 spiro atoms. The summed E-state index contributed by atoms with van der Waals surface area (Å²) in [6.45, 7) is 0.254.